The number of hydrogen-bond donors (Lipinski definition) is 4. The van der Waals surface area contributed by atoms with Crippen molar-refractivity contribution in [3.63, 3.8) is 0 Å². The van der Waals surface area contributed by atoms with Crippen LogP contribution < -0.4 is 31.1 Å². The third kappa shape index (κ3) is 7.83. The van der Waals surface area contributed by atoms with E-state index in [-0.39, 0.29) is 16.8 Å². The van der Waals surface area contributed by atoms with Crippen molar-refractivity contribution in [1.82, 2.24) is 35.2 Å². The molecule has 0 unspecified atom stereocenters. The molecule has 2 amide bonds. The highest BCUT2D eigenvalue weighted by atomic mass is 16.5. The van der Waals surface area contributed by atoms with Crippen molar-refractivity contribution in [1.29, 1.82) is 0 Å². The van der Waals surface area contributed by atoms with Gasteiger partial charge in [0.05, 0.1) is 36.7 Å². The molecule has 0 bridgehead atoms. The summed E-state index contributed by atoms with van der Waals surface area (Å²) in [6, 6.07) is 24.1. The fourth-order valence-electron chi connectivity index (χ4n) is 7.78. The first kappa shape index (κ1) is 39.2. The number of hydrogen-bond acceptors (Lipinski definition) is 11. The molecule has 1 saturated carbocycles. The standard InChI is InChI=1S/C22H24N4O3.C21H20N4O4/c1-14-10-16(11-15-6-5-9-24-18(14)15)22(7-3-4-8-22)13-26-12-17(27)20(28)19(25-26)21(29)23-2;1-22-21(28)19-20(27)17(26)12-24(23-19)10-11-25-15-7-3-2-6-14(15)13-29-18-9-5-4-8-16(18)25/h5-6,9-12,27H,3-4,7-8,13H2,1-2H3,(H,23,29);2-9,12,26H,10-11,13H2,1H3,(H,22,28). The van der Waals surface area contributed by atoms with E-state index in [2.05, 4.69) is 55.8 Å². The first-order chi connectivity index (χ1) is 28.0. The molecule has 0 spiro atoms. The van der Waals surface area contributed by atoms with E-state index in [1.54, 1.807) is 6.20 Å². The van der Waals surface area contributed by atoms with Gasteiger partial charge in [-0.1, -0.05) is 55.3 Å². The van der Waals surface area contributed by atoms with Gasteiger partial charge in [-0.2, -0.15) is 10.2 Å². The monoisotopic (exact) mass is 784 g/mol. The van der Waals surface area contributed by atoms with E-state index in [4.69, 9.17) is 4.74 Å². The molecule has 0 atom stereocenters. The molecule has 15 nitrogen and oxygen atoms in total. The average molecular weight is 785 g/mol. The van der Waals surface area contributed by atoms with Crippen LogP contribution in [-0.2, 0) is 25.1 Å². The lowest BCUT2D eigenvalue weighted by Crippen LogP contribution is -2.33. The number of anilines is 2. The molecule has 6 aromatic rings. The van der Waals surface area contributed by atoms with Gasteiger partial charge < -0.3 is 30.5 Å². The summed E-state index contributed by atoms with van der Waals surface area (Å²) in [4.78, 5) is 54.6. The molecule has 15 heteroatoms. The summed E-state index contributed by atoms with van der Waals surface area (Å²) < 4.78 is 8.90. The molecule has 3 aromatic carbocycles. The summed E-state index contributed by atoms with van der Waals surface area (Å²) in [7, 11) is 2.84. The molecule has 1 aliphatic heterocycles. The van der Waals surface area contributed by atoms with Crippen LogP contribution in [0.3, 0.4) is 0 Å². The lowest BCUT2D eigenvalue weighted by Gasteiger charge is -2.31. The van der Waals surface area contributed by atoms with Crippen molar-refractivity contribution in [2.75, 3.05) is 25.5 Å². The number of carbonyl (C=O) groups is 2. The zero-order valence-corrected chi connectivity index (χ0v) is 32.4. The van der Waals surface area contributed by atoms with Crippen molar-refractivity contribution < 1.29 is 24.5 Å². The number of aromatic hydroxyl groups is 2. The highest BCUT2D eigenvalue weighted by Gasteiger charge is 2.37. The van der Waals surface area contributed by atoms with Gasteiger partial charge in [-0.3, -0.25) is 33.5 Å². The molecule has 4 heterocycles. The highest BCUT2D eigenvalue weighted by Crippen LogP contribution is 2.44. The zero-order valence-electron chi connectivity index (χ0n) is 32.4. The second kappa shape index (κ2) is 16.6. The summed E-state index contributed by atoms with van der Waals surface area (Å²) in [5.41, 5.74) is 3.92. The van der Waals surface area contributed by atoms with E-state index < -0.39 is 34.2 Å². The number of pyridine rings is 1. The molecule has 3 aromatic heterocycles. The lowest BCUT2D eigenvalue weighted by molar-refractivity contribution is 0.0945. The Hall–Kier alpha value is -7.03. The predicted molar refractivity (Wildman–Crippen MR) is 218 cm³/mol. The molecular weight excluding hydrogens is 741 g/mol. The van der Waals surface area contributed by atoms with Gasteiger partial charge in [0.15, 0.2) is 22.9 Å². The van der Waals surface area contributed by atoms with Crippen LogP contribution in [0, 0.1) is 6.92 Å². The molecule has 2 aliphatic rings. The number of amides is 2. The second-order valence-electron chi connectivity index (χ2n) is 14.4. The Morgan fingerprint density at radius 3 is 2.10 bits per heavy atom. The Balaban J connectivity index is 0.000000177. The number of aromatic nitrogens is 5. The van der Waals surface area contributed by atoms with E-state index >= 15 is 0 Å². The van der Waals surface area contributed by atoms with E-state index in [0.717, 1.165) is 64.8 Å². The maximum absolute atomic E-state index is 12.1. The number of nitrogens with one attached hydrogen (secondary N) is 2. The fourth-order valence-corrected chi connectivity index (χ4v) is 7.78. The SMILES string of the molecule is CNC(=O)c1nn(CC2(c3cc(C)c4ncccc4c3)CCCC2)cc(O)c1=O.CNC(=O)c1nn(CCN2c3ccccc3COc3ccccc32)cc(O)c1=O. The summed E-state index contributed by atoms with van der Waals surface area (Å²) in [5, 5.41) is 34.2. The summed E-state index contributed by atoms with van der Waals surface area (Å²) in [6.45, 7) is 3.83. The second-order valence-corrected chi connectivity index (χ2v) is 14.4. The highest BCUT2D eigenvalue weighted by molar-refractivity contribution is 5.92. The van der Waals surface area contributed by atoms with Crippen LogP contribution in [0.2, 0.25) is 0 Å². The fraction of sp³-hybridized carbons (Fsp3) is 0.279. The van der Waals surface area contributed by atoms with Crippen molar-refractivity contribution in [2.24, 2.45) is 0 Å². The van der Waals surface area contributed by atoms with Crippen LogP contribution in [-0.4, -0.2) is 67.2 Å². The normalized spacial score (nSPS) is 13.9. The van der Waals surface area contributed by atoms with E-state index in [1.165, 1.54) is 41.4 Å². The summed E-state index contributed by atoms with van der Waals surface area (Å²) >= 11 is 0. The third-order valence-electron chi connectivity index (χ3n) is 10.7. The maximum Gasteiger partial charge on any atom is 0.275 e. The number of benzene rings is 3. The minimum Gasteiger partial charge on any atom is -0.503 e. The van der Waals surface area contributed by atoms with Gasteiger partial charge in [0.1, 0.15) is 12.4 Å². The van der Waals surface area contributed by atoms with E-state index in [1.807, 2.05) is 54.6 Å². The lowest BCUT2D eigenvalue weighted by atomic mass is 9.77. The number of nitrogens with zero attached hydrogens (tertiary/aromatic N) is 6. The first-order valence-corrected chi connectivity index (χ1v) is 19.0. The van der Waals surface area contributed by atoms with Gasteiger partial charge in [-0.05, 0) is 61.2 Å². The van der Waals surface area contributed by atoms with Gasteiger partial charge in [-0.25, -0.2) is 0 Å². The molecule has 1 aliphatic carbocycles. The van der Waals surface area contributed by atoms with Gasteiger partial charge in [-0.15, -0.1) is 0 Å². The van der Waals surface area contributed by atoms with Crippen LogP contribution >= 0.6 is 0 Å². The summed E-state index contributed by atoms with van der Waals surface area (Å²) in [6.07, 6.45) is 8.50. The molecule has 298 valence electrons. The van der Waals surface area contributed by atoms with Gasteiger partial charge in [0.25, 0.3) is 22.7 Å². The Morgan fingerprint density at radius 2 is 1.41 bits per heavy atom. The quantitative estimate of drug-likeness (QED) is 0.167. The Kier molecular flexibility index (Phi) is 11.2. The maximum atomic E-state index is 12.1. The van der Waals surface area contributed by atoms with Crippen LogP contribution in [0.15, 0.2) is 101 Å². The largest absolute Gasteiger partial charge is 0.503 e. The van der Waals surface area contributed by atoms with Crippen LogP contribution in [0.4, 0.5) is 11.4 Å². The predicted octanol–water partition coefficient (Wildman–Crippen LogP) is 4.72. The number of ether oxygens (including phenoxy) is 1. The molecule has 8 rings (SSSR count). The van der Waals surface area contributed by atoms with E-state index in [9.17, 15) is 29.4 Å². The van der Waals surface area contributed by atoms with Crippen LogP contribution in [0.25, 0.3) is 10.9 Å². The smallest absolute Gasteiger partial charge is 0.275 e. The molecule has 58 heavy (non-hydrogen) atoms. The number of rotatable bonds is 8. The molecule has 1 fully saturated rings. The topological polar surface area (TPSA) is 194 Å². The molecule has 0 radical (unpaired) electrons. The van der Waals surface area contributed by atoms with Gasteiger partial charge >= 0.3 is 0 Å². The molecule has 0 saturated heterocycles. The number of fused-ring (bicyclic) bond motifs is 3. The Labute approximate surface area is 333 Å². The number of aryl methyl sites for hydroxylation is 1. The summed E-state index contributed by atoms with van der Waals surface area (Å²) in [5.74, 6) is -1.46. The Bertz CT molecular complexity index is 2590. The van der Waals surface area contributed by atoms with Crippen molar-refractivity contribution in [2.45, 2.75) is 57.7 Å². The Morgan fingerprint density at radius 1 is 0.793 bits per heavy atom. The minimum atomic E-state index is -0.792. The van der Waals surface area contributed by atoms with Gasteiger partial charge in [0, 0.05) is 48.9 Å². The van der Waals surface area contributed by atoms with E-state index in [0.29, 0.717) is 26.2 Å². The van der Waals surface area contributed by atoms with Crippen molar-refractivity contribution >= 4 is 34.1 Å². The first-order valence-electron chi connectivity index (χ1n) is 19.0. The van der Waals surface area contributed by atoms with Crippen molar-refractivity contribution in [3.8, 4) is 17.2 Å². The van der Waals surface area contributed by atoms with Crippen molar-refractivity contribution in [3.05, 3.63) is 140 Å². The minimum absolute atomic E-state index is 0.177. The van der Waals surface area contributed by atoms with Crippen LogP contribution in [0.5, 0.6) is 17.2 Å². The molecule has 4 N–H and O–H groups in total. The average Bonchev–Trinajstić information content (AvgIpc) is 3.66. The molecular formula is C43H44N8O7. The zero-order chi connectivity index (χ0) is 41.0. The van der Waals surface area contributed by atoms with Crippen LogP contribution in [0.1, 0.15) is 63.4 Å². The third-order valence-corrected chi connectivity index (χ3v) is 10.7. The number of carbonyl (C=O) groups excluding carboxylic acids is 2. The van der Waals surface area contributed by atoms with Gasteiger partial charge in [0.2, 0.25) is 0 Å². The number of para-hydroxylation sites is 3.